The lowest BCUT2D eigenvalue weighted by Crippen LogP contribution is -2.63. The molecule has 25 heavy (non-hydrogen) atoms. The van der Waals surface area contributed by atoms with E-state index in [-0.39, 0.29) is 23.2 Å². The lowest BCUT2D eigenvalue weighted by Gasteiger charge is -2.61. The standard InChI is InChI=1S/C21H31ClO3/c1-19-8-6-13(23)10-12(19)4-5-14-15(19)7-9-20(2)16(14)11-17(22)21(3,25)18(20)24/h4,13-17,23,25H,5-11H2,1-3H3/t13-,14+,15-,16-,17-,19-,20-,21+/m0/s1. The molecule has 0 saturated heterocycles. The van der Waals surface area contributed by atoms with E-state index in [1.165, 1.54) is 5.57 Å². The number of carbonyl (C=O) groups is 1. The molecular formula is C21H31ClO3. The maximum absolute atomic E-state index is 13.1. The second-order valence-corrected chi connectivity index (χ2v) is 10.3. The van der Waals surface area contributed by atoms with Gasteiger partial charge in [0.1, 0.15) is 5.60 Å². The van der Waals surface area contributed by atoms with Gasteiger partial charge in [-0.2, -0.15) is 0 Å². The molecule has 0 amide bonds. The smallest absolute Gasteiger partial charge is 0.171 e. The fourth-order valence-corrected chi connectivity index (χ4v) is 7.14. The van der Waals surface area contributed by atoms with Crippen molar-refractivity contribution in [2.75, 3.05) is 0 Å². The van der Waals surface area contributed by atoms with E-state index in [0.717, 1.165) is 44.9 Å². The average molecular weight is 367 g/mol. The maximum Gasteiger partial charge on any atom is 0.171 e. The molecule has 4 aliphatic rings. The number of ketones is 1. The minimum atomic E-state index is -1.41. The number of allylic oxidation sites excluding steroid dienone is 1. The number of carbonyl (C=O) groups excluding carboxylic acids is 1. The number of fused-ring (bicyclic) bond motifs is 5. The van der Waals surface area contributed by atoms with Gasteiger partial charge in [0.25, 0.3) is 0 Å². The van der Waals surface area contributed by atoms with Gasteiger partial charge in [-0.25, -0.2) is 0 Å². The summed E-state index contributed by atoms with van der Waals surface area (Å²) in [5.41, 5.74) is -0.262. The third-order valence-electron chi connectivity index (χ3n) is 8.52. The van der Waals surface area contributed by atoms with Crippen molar-refractivity contribution in [2.24, 2.45) is 28.6 Å². The zero-order valence-electron chi connectivity index (χ0n) is 15.6. The fraction of sp³-hybridized carbons (Fsp3) is 0.857. The molecule has 2 N–H and O–H groups in total. The van der Waals surface area contributed by atoms with E-state index in [4.69, 9.17) is 11.6 Å². The van der Waals surface area contributed by atoms with Crippen LogP contribution in [0.3, 0.4) is 0 Å². The Labute approximate surface area is 155 Å². The third-order valence-corrected chi connectivity index (χ3v) is 9.12. The molecule has 0 aliphatic heterocycles. The zero-order valence-corrected chi connectivity index (χ0v) is 16.4. The Morgan fingerprint density at radius 3 is 2.52 bits per heavy atom. The van der Waals surface area contributed by atoms with Crippen LogP contribution in [0.4, 0.5) is 0 Å². The van der Waals surface area contributed by atoms with Crippen LogP contribution in [0.5, 0.6) is 0 Å². The topological polar surface area (TPSA) is 57.5 Å². The largest absolute Gasteiger partial charge is 0.393 e. The van der Waals surface area contributed by atoms with E-state index in [1.54, 1.807) is 6.92 Å². The molecule has 0 bridgehead atoms. The highest BCUT2D eigenvalue weighted by Crippen LogP contribution is 2.64. The van der Waals surface area contributed by atoms with E-state index in [2.05, 4.69) is 19.9 Å². The van der Waals surface area contributed by atoms with Crippen LogP contribution in [0.2, 0.25) is 0 Å². The lowest BCUT2D eigenvalue weighted by molar-refractivity contribution is -0.168. The summed E-state index contributed by atoms with van der Waals surface area (Å²) < 4.78 is 0. The van der Waals surface area contributed by atoms with Crippen molar-refractivity contribution in [2.45, 2.75) is 82.8 Å². The van der Waals surface area contributed by atoms with Crippen LogP contribution in [0.25, 0.3) is 0 Å². The van der Waals surface area contributed by atoms with E-state index >= 15 is 0 Å². The van der Waals surface area contributed by atoms with E-state index < -0.39 is 16.4 Å². The normalized spacial score (nSPS) is 55.7. The first kappa shape index (κ1) is 18.0. The van der Waals surface area contributed by atoms with Crippen molar-refractivity contribution in [1.29, 1.82) is 0 Å². The highest BCUT2D eigenvalue weighted by atomic mass is 35.5. The number of rotatable bonds is 0. The second kappa shape index (κ2) is 5.56. The summed E-state index contributed by atoms with van der Waals surface area (Å²) in [4.78, 5) is 13.1. The molecule has 0 heterocycles. The molecule has 0 aromatic carbocycles. The Kier molecular flexibility index (Phi) is 4.00. The zero-order chi connectivity index (χ0) is 18.2. The van der Waals surface area contributed by atoms with Gasteiger partial charge in [-0.1, -0.05) is 25.5 Å². The Morgan fingerprint density at radius 1 is 1.12 bits per heavy atom. The van der Waals surface area contributed by atoms with Crippen LogP contribution in [0.15, 0.2) is 11.6 Å². The number of alkyl halides is 1. The minimum absolute atomic E-state index is 0.0475. The lowest BCUT2D eigenvalue weighted by atomic mass is 9.44. The van der Waals surface area contributed by atoms with Crippen LogP contribution in [0, 0.1) is 28.6 Å². The number of hydrogen-bond donors (Lipinski definition) is 2. The van der Waals surface area contributed by atoms with E-state index in [1.807, 2.05) is 0 Å². The minimum Gasteiger partial charge on any atom is -0.393 e. The summed E-state index contributed by atoms with van der Waals surface area (Å²) >= 11 is 6.49. The fourth-order valence-electron chi connectivity index (χ4n) is 6.85. The molecule has 3 nitrogen and oxygen atoms in total. The van der Waals surface area contributed by atoms with E-state index in [9.17, 15) is 15.0 Å². The van der Waals surface area contributed by atoms with Gasteiger partial charge in [-0.05, 0) is 75.0 Å². The average Bonchev–Trinajstić information content (AvgIpc) is 2.55. The molecule has 0 aromatic heterocycles. The molecule has 0 aromatic rings. The van der Waals surface area contributed by atoms with Crippen LogP contribution < -0.4 is 0 Å². The summed E-state index contributed by atoms with van der Waals surface area (Å²) in [7, 11) is 0. The predicted molar refractivity (Wildman–Crippen MR) is 98.4 cm³/mol. The summed E-state index contributed by atoms with van der Waals surface area (Å²) in [6.07, 6.45) is 8.50. The first-order valence-corrected chi connectivity index (χ1v) is 10.3. The van der Waals surface area contributed by atoms with Crippen LogP contribution in [-0.2, 0) is 4.79 Å². The molecule has 4 rings (SSSR count). The van der Waals surface area contributed by atoms with Crippen molar-refractivity contribution in [3.05, 3.63) is 11.6 Å². The number of Topliss-reactive ketones (excluding diaryl/α,β-unsaturated/α-hetero) is 1. The van der Waals surface area contributed by atoms with Crippen molar-refractivity contribution in [3.8, 4) is 0 Å². The molecule has 8 atom stereocenters. The SMILES string of the molecule is C[C@]1(O)C(=O)[C@@]2(C)CC[C@H]3[C@@H](CC=C4C[C@@H](O)CC[C@@]43C)[C@@H]2C[C@@H]1Cl. The number of aliphatic hydroxyl groups excluding tert-OH is 1. The summed E-state index contributed by atoms with van der Waals surface area (Å²) in [6.45, 7) is 6.05. The molecule has 4 aliphatic carbocycles. The van der Waals surface area contributed by atoms with Gasteiger partial charge in [0.2, 0.25) is 0 Å². The number of halogens is 1. The molecule has 4 heteroatoms. The Balaban J connectivity index is 1.70. The molecule has 3 fully saturated rings. The number of aliphatic hydroxyl groups is 2. The van der Waals surface area contributed by atoms with Crippen molar-refractivity contribution < 1.29 is 15.0 Å². The van der Waals surface area contributed by atoms with Crippen molar-refractivity contribution in [3.63, 3.8) is 0 Å². The molecule has 0 radical (unpaired) electrons. The molecule has 0 spiro atoms. The van der Waals surface area contributed by atoms with Crippen molar-refractivity contribution >= 4 is 17.4 Å². The predicted octanol–water partition coefficient (Wildman–Crippen LogP) is 3.85. The monoisotopic (exact) mass is 366 g/mol. The first-order valence-electron chi connectivity index (χ1n) is 9.89. The number of hydrogen-bond acceptors (Lipinski definition) is 3. The highest BCUT2D eigenvalue weighted by Gasteiger charge is 2.63. The highest BCUT2D eigenvalue weighted by molar-refractivity contribution is 6.24. The van der Waals surface area contributed by atoms with Crippen molar-refractivity contribution in [1.82, 2.24) is 0 Å². The summed E-state index contributed by atoms with van der Waals surface area (Å²) in [5, 5.41) is 20.2. The van der Waals surface area contributed by atoms with Gasteiger partial charge in [-0.3, -0.25) is 4.79 Å². The van der Waals surface area contributed by atoms with Gasteiger partial charge >= 0.3 is 0 Å². The Morgan fingerprint density at radius 2 is 1.80 bits per heavy atom. The molecule has 0 unspecified atom stereocenters. The molecular weight excluding hydrogens is 336 g/mol. The van der Waals surface area contributed by atoms with Gasteiger partial charge < -0.3 is 10.2 Å². The molecule has 3 saturated carbocycles. The first-order chi connectivity index (χ1) is 11.6. The maximum atomic E-state index is 13.1. The third kappa shape index (κ3) is 2.34. The van der Waals surface area contributed by atoms with Crippen LogP contribution in [0.1, 0.15) is 65.7 Å². The summed E-state index contributed by atoms with van der Waals surface area (Å²) in [5.74, 6) is 1.23. The quantitative estimate of drug-likeness (QED) is 0.505. The van der Waals surface area contributed by atoms with Crippen LogP contribution in [-0.4, -0.2) is 33.1 Å². The van der Waals surface area contributed by atoms with Gasteiger partial charge in [-0.15, -0.1) is 11.6 Å². The Hall–Kier alpha value is -0.380. The summed E-state index contributed by atoms with van der Waals surface area (Å²) in [6, 6.07) is 0. The second-order valence-electron chi connectivity index (χ2n) is 9.79. The van der Waals surface area contributed by atoms with Gasteiger partial charge in [0.05, 0.1) is 11.5 Å². The molecule has 140 valence electrons. The van der Waals surface area contributed by atoms with E-state index in [0.29, 0.717) is 11.8 Å². The Bertz CT molecular complexity index is 627. The van der Waals surface area contributed by atoms with Gasteiger partial charge in [0, 0.05) is 5.41 Å². The van der Waals surface area contributed by atoms with Gasteiger partial charge in [0.15, 0.2) is 5.78 Å². The van der Waals surface area contributed by atoms with Crippen LogP contribution >= 0.6 is 11.6 Å².